The van der Waals surface area contributed by atoms with Crippen molar-refractivity contribution >= 4 is 43.4 Å². The zero-order valence-corrected chi connectivity index (χ0v) is 24.8. The monoisotopic (exact) mass is 551 g/mol. The van der Waals surface area contributed by atoms with Crippen LogP contribution in [0.5, 0.6) is 0 Å². The molecular formula is C42H33N. The highest BCUT2D eigenvalue weighted by Crippen LogP contribution is 2.44. The molecule has 206 valence electrons. The Morgan fingerprint density at radius 3 is 1.33 bits per heavy atom. The summed E-state index contributed by atoms with van der Waals surface area (Å²) in [7, 11) is 0. The summed E-state index contributed by atoms with van der Waals surface area (Å²) in [6.07, 6.45) is 0. The molecule has 0 aliphatic rings. The molecule has 0 saturated carbocycles. The Kier molecular flexibility index (Phi) is 5.77. The molecule has 1 aromatic heterocycles. The van der Waals surface area contributed by atoms with Crippen molar-refractivity contribution < 1.29 is 0 Å². The molecule has 0 radical (unpaired) electrons. The maximum absolute atomic E-state index is 2.38. The third kappa shape index (κ3) is 4.07. The second-order valence-electron chi connectivity index (χ2n) is 12.6. The van der Waals surface area contributed by atoms with Crippen LogP contribution in [0.4, 0.5) is 0 Å². The average Bonchev–Trinajstić information content (AvgIpc) is 3.38. The molecule has 0 N–H and O–H groups in total. The minimum Gasteiger partial charge on any atom is -0.309 e. The quantitative estimate of drug-likeness (QED) is 0.192. The lowest BCUT2D eigenvalue weighted by Crippen LogP contribution is -2.10. The number of benzene rings is 7. The summed E-state index contributed by atoms with van der Waals surface area (Å²) in [4.78, 5) is 0. The predicted molar refractivity (Wildman–Crippen MR) is 185 cm³/mol. The van der Waals surface area contributed by atoms with E-state index < -0.39 is 0 Å². The van der Waals surface area contributed by atoms with Crippen LogP contribution >= 0.6 is 0 Å². The zero-order chi connectivity index (χ0) is 29.1. The Labute approximate surface area is 252 Å². The van der Waals surface area contributed by atoms with Crippen molar-refractivity contribution in [3.63, 3.8) is 0 Å². The van der Waals surface area contributed by atoms with Gasteiger partial charge < -0.3 is 4.57 Å². The predicted octanol–water partition coefficient (Wildman–Crippen LogP) is 11.7. The Bertz CT molecular complexity index is 2200. The molecule has 0 atom stereocenters. The van der Waals surface area contributed by atoms with Gasteiger partial charge in [0.05, 0.1) is 11.0 Å². The molecule has 43 heavy (non-hydrogen) atoms. The molecule has 7 aromatic carbocycles. The van der Waals surface area contributed by atoms with Crippen LogP contribution in [0.3, 0.4) is 0 Å². The highest BCUT2D eigenvalue weighted by Gasteiger charge is 2.19. The van der Waals surface area contributed by atoms with Gasteiger partial charge in [0.15, 0.2) is 0 Å². The topological polar surface area (TPSA) is 4.93 Å². The molecule has 1 heteroatoms. The van der Waals surface area contributed by atoms with E-state index in [0.29, 0.717) is 0 Å². The van der Waals surface area contributed by atoms with Crippen LogP contribution in [-0.4, -0.2) is 4.57 Å². The summed E-state index contributed by atoms with van der Waals surface area (Å²) in [5, 5.41) is 7.70. The van der Waals surface area contributed by atoms with Crippen molar-refractivity contribution in [1.29, 1.82) is 0 Å². The lowest BCUT2D eigenvalue weighted by molar-refractivity contribution is 0.590. The van der Waals surface area contributed by atoms with Crippen molar-refractivity contribution in [3.8, 4) is 27.9 Å². The van der Waals surface area contributed by atoms with Crippen molar-refractivity contribution in [3.05, 3.63) is 151 Å². The van der Waals surface area contributed by atoms with Gasteiger partial charge in [-0.2, -0.15) is 0 Å². The maximum Gasteiger partial charge on any atom is 0.0541 e. The summed E-state index contributed by atoms with van der Waals surface area (Å²) in [5.41, 5.74) is 10.2. The van der Waals surface area contributed by atoms with Crippen LogP contribution in [0.25, 0.3) is 71.3 Å². The fourth-order valence-corrected chi connectivity index (χ4v) is 6.87. The Balaban J connectivity index is 1.36. The fourth-order valence-electron chi connectivity index (χ4n) is 6.87. The SMILES string of the molecule is CC(C)(C)c1cccc(-c2c3ccccc3c(-c3ccc(-n4c5ccccc5c5ccccc54)cc3)c3ccccc23)c1. The van der Waals surface area contributed by atoms with Gasteiger partial charge in [-0.25, -0.2) is 0 Å². The summed E-state index contributed by atoms with van der Waals surface area (Å²) in [6.45, 7) is 6.86. The molecule has 0 aliphatic carbocycles. The van der Waals surface area contributed by atoms with Gasteiger partial charge >= 0.3 is 0 Å². The minimum atomic E-state index is 0.0830. The Morgan fingerprint density at radius 1 is 0.395 bits per heavy atom. The van der Waals surface area contributed by atoms with E-state index in [4.69, 9.17) is 0 Å². The van der Waals surface area contributed by atoms with E-state index in [1.54, 1.807) is 0 Å². The van der Waals surface area contributed by atoms with Crippen molar-refractivity contribution in [2.45, 2.75) is 26.2 Å². The molecule has 1 nitrogen and oxygen atoms in total. The summed E-state index contributed by atoms with van der Waals surface area (Å²) in [6, 6.07) is 53.5. The van der Waals surface area contributed by atoms with Crippen LogP contribution in [0, 0.1) is 0 Å². The maximum atomic E-state index is 2.38. The number of rotatable bonds is 3. The number of para-hydroxylation sites is 2. The summed E-state index contributed by atoms with van der Waals surface area (Å²) >= 11 is 0. The molecule has 0 amide bonds. The van der Waals surface area contributed by atoms with Crippen LogP contribution < -0.4 is 0 Å². The summed E-state index contributed by atoms with van der Waals surface area (Å²) in [5.74, 6) is 0. The van der Waals surface area contributed by atoms with Crippen LogP contribution in [0.2, 0.25) is 0 Å². The van der Waals surface area contributed by atoms with E-state index in [1.165, 1.54) is 76.9 Å². The van der Waals surface area contributed by atoms with Crippen LogP contribution in [0.15, 0.2) is 146 Å². The lowest BCUT2D eigenvalue weighted by Gasteiger charge is -2.22. The number of hydrogen-bond donors (Lipinski definition) is 0. The van der Waals surface area contributed by atoms with Gasteiger partial charge in [-0.3, -0.25) is 0 Å². The minimum absolute atomic E-state index is 0.0830. The smallest absolute Gasteiger partial charge is 0.0541 e. The molecule has 0 bridgehead atoms. The van der Waals surface area contributed by atoms with Crippen molar-refractivity contribution in [1.82, 2.24) is 4.57 Å². The third-order valence-corrected chi connectivity index (χ3v) is 8.94. The van der Waals surface area contributed by atoms with Crippen molar-refractivity contribution in [2.24, 2.45) is 0 Å². The molecule has 8 aromatic rings. The molecule has 0 unspecified atom stereocenters. The molecule has 0 aliphatic heterocycles. The van der Waals surface area contributed by atoms with Gasteiger partial charge in [0.25, 0.3) is 0 Å². The molecule has 0 fully saturated rings. The highest BCUT2D eigenvalue weighted by atomic mass is 15.0. The first kappa shape index (κ1) is 25.6. The van der Waals surface area contributed by atoms with Gasteiger partial charge in [0.1, 0.15) is 0 Å². The van der Waals surface area contributed by atoms with Gasteiger partial charge in [-0.05, 0) is 79.0 Å². The van der Waals surface area contributed by atoms with E-state index in [2.05, 4.69) is 171 Å². The number of hydrogen-bond acceptors (Lipinski definition) is 0. The van der Waals surface area contributed by atoms with E-state index in [-0.39, 0.29) is 5.41 Å². The van der Waals surface area contributed by atoms with Crippen LogP contribution in [-0.2, 0) is 5.41 Å². The molecule has 0 saturated heterocycles. The highest BCUT2D eigenvalue weighted by molar-refractivity contribution is 6.21. The Morgan fingerprint density at radius 2 is 0.837 bits per heavy atom. The first-order valence-corrected chi connectivity index (χ1v) is 15.1. The Hall–Kier alpha value is -5.14. The van der Waals surface area contributed by atoms with E-state index in [1.807, 2.05) is 0 Å². The normalized spacial score (nSPS) is 12.1. The average molecular weight is 552 g/mol. The van der Waals surface area contributed by atoms with Crippen molar-refractivity contribution in [2.75, 3.05) is 0 Å². The van der Waals surface area contributed by atoms with Crippen LogP contribution in [0.1, 0.15) is 26.3 Å². The van der Waals surface area contributed by atoms with E-state index in [0.717, 1.165) is 0 Å². The van der Waals surface area contributed by atoms with E-state index in [9.17, 15) is 0 Å². The first-order chi connectivity index (χ1) is 21.0. The fraction of sp³-hybridized carbons (Fsp3) is 0.0952. The number of nitrogens with zero attached hydrogens (tertiary/aromatic N) is 1. The number of aromatic nitrogens is 1. The summed E-state index contributed by atoms with van der Waals surface area (Å²) < 4.78 is 2.38. The molecule has 8 rings (SSSR count). The van der Waals surface area contributed by atoms with Gasteiger partial charge in [0.2, 0.25) is 0 Å². The molecule has 1 heterocycles. The largest absolute Gasteiger partial charge is 0.309 e. The molecule has 0 spiro atoms. The third-order valence-electron chi connectivity index (χ3n) is 8.94. The second kappa shape index (κ2) is 9.71. The zero-order valence-electron chi connectivity index (χ0n) is 24.8. The van der Waals surface area contributed by atoms with Gasteiger partial charge in [-0.1, -0.05) is 142 Å². The van der Waals surface area contributed by atoms with Gasteiger partial charge in [-0.15, -0.1) is 0 Å². The first-order valence-electron chi connectivity index (χ1n) is 15.1. The second-order valence-corrected chi connectivity index (χ2v) is 12.6. The standard InChI is InChI=1S/C42H33N/c1-42(2,3)30-14-12-13-29(27-30)41-36-19-6-4-17-34(36)40(35-18-5-7-20-37(35)41)28-23-25-31(26-24-28)43-38-21-10-8-15-32(38)33-16-9-11-22-39(33)43/h4-27H,1-3H3. The molecular weight excluding hydrogens is 518 g/mol. The van der Waals surface area contributed by atoms with Gasteiger partial charge in [0, 0.05) is 16.5 Å². The van der Waals surface area contributed by atoms with E-state index >= 15 is 0 Å². The lowest BCUT2D eigenvalue weighted by atomic mass is 9.82. The number of fused-ring (bicyclic) bond motifs is 5.